The molecule has 172 valence electrons. The Kier molecular flexibility index (Phi) is 7.93. The first-order chi connectivity index (χ1) is 14.9. The van der Waals surface area contributed by atoms with E-state index in [1.54, 1.807) is 24.3 Å². The predicted octanol–water partition coefficient (Wildman–Crippen LogP) is 2.57. The zero-order valence-corrected chi connectivity index (χ0v) is 18.9. The van der Waals surface area contributed by atoms with Crippen LogP contribution in [0, 0.1) is 5.82 Å². The fraction of sp³-hybridized carbons (Fsp3) is 0.348. The summed E-state index contributed by atoms with van der Waals surface area (Å²) in [7, 11) is 3.76. The Morgan fingerprint density at radius 3 is 2.09 bits per heavy atom. The molecular formula is C23H29FN4O4. The van der Waals surface area contributed by atoms with Crippen LogP contribution in [0.25, 0.3) is 0 Å². The summed E-state index contributed by atoms with van der Waals surface area (Å²) in [6.45, 7) is 5.01. The van der Waals surface area contributed by atoms with Gasteiger partial charge in [-0.05, 0) is 57.2 Å². The molecule has 0 heterocycles. The summed E-state index contributed by atoms with van der Waals surface area (Å²) in [5.41, 5.74) is 2.26. The number of halogens is 1. The Labute approximate surface area is 187 Å². The number of carbonyl (C=O) groups excluding carboxylic acids is 3. The normalized spacial score (nSPS) is 11.0. The number of benzene rings is 2. The van der Waals surface area contributed by atoms with E-state index in [1.807, 2.05) is 39.8 Å². The molecule has 2 aromatic rings. The van der Waals surface area contributed by atoms with Gasteiger partial charge in [0.2, 0.25) is 5.91 Å². The van der Waals surface area contributed by atoms with Crippen LogP contribution in [0.4, 0.5) is 10.1 Å². The molecule has 3 N–H and O–H groups in total. The highest BCUT2D eigenvalue weighted by atomic mass is 19.1. The van der Waals surface area contributed by atoms with Crippen molar-refractivity contribution in [2.24, 2.45) is 0 Å². The molecule has 0 radical (unpaired) electrons. The topological polar surface area (TPSA) is 102 Å². The number of carbonyl (C=O) groups is 3. The molecule has 3 amide bonds. The van der Waals surface area contributed by atoms with Crippen LogP contribution in [0.3, 0.4) is 0 Å². The van der Waals surface area contributed by atoms with Gasteiger partial charge in [0, 0.05) is 48.6 Å². The van der Waals surface area contributed by atoms with Crippen molar-refractivity contribution in [3.63, 3.8) is 0 Å². The van der Waals surface area contributed by atoms with Crippen LogP contribution in [0.1, 0.15) is 47.1 Å². The Morgan fingerprint density at radius 1 is 1.00 bits per heavy atom. The lowest BCUT2D eigenvalue weighted by molar-refractivity contribution is -0.123. The van der Waals surface area contributed by atoms with Gasteiger partial charge in [0.1, 0.15) is 12.4 Å². The number of hydroxylamine groups is 1. The number of hydrogen-bond acceptors (Lipinski definition) is 5. The summed E-state index contributed by atoms with van der Waals surface area (Å²) in [6.07, 6.45) is 0. The van der Waals surface area contributed by atoms with Crippen LogP contribution in [-0.2, 0) is 11.3 Å². The molecule has 9 heteroatoms. The second-order valence-corrected chi connectivity index (χ2v) is 8.65. The molecule has 0 aromatic heterocycles. The summed E-state index contributed by atoms with van der Waals surface area (Å²) >= 11 is 0. The number of anilines is 1. The molecule has 0 aliphatic heterocycles. The van der Waals surface area contributed by atoms with Gasteiger partial charge in [-0.2, -0.15) is 0 Å². The van der Waals surface area contributed by atoms with Crippen molar-refractivity contribution < 1.29 is 24.0 Å². The predicted molar refractivity (Wildman–Crippen MR) is 119 cm³/mol. The smallest absolute Gasteiger partial charge is 0.274 e. The first-order valence-corrected chi connectivity index (χ1v) is 10.0. The Bertz CT molecular complexity index is 984. The summed E-state index contributed by atoms with van der Waals surface area (Å²) in [6, 6.07) is 10.5. The van der Waals surface area contributed by atoms with Crippen LogP contribution >= 0.6 is 0 Å². The van der Waals surface area contributed by atoms with Gasteiger partial charge >= 0.3 is 0 Å². The fourth-order valence-electron chi connectivity index (χ4n) is 3.00. The van der Waals surface area contributed by atoms with E-state index in [0.29, 0.717) is 5.56 Å². The minimum Gasteiger partial charge on any atom is -0.378 e. The molecule has 0 saturated heterocycles. The zero-order chi connectivity index (χ0) is 24.1. The summed E-state index contributed by atoms with van der Waals surface area (Å²) in [4.78, 5) is 40.3. The molecule has 2 aromatic carbocycles. The lowest BCUT2D eigenvalue weighted by Gasteiger charge is -2.26. The second-order valence-electron chi connectivity index (χ2n) is 8.65. The first-order valence-electron chi connectivity index (χ1n) is 10.0. The first kappa shape index (κ1) is 24.8. The molecule has 2 rings (SSSR count). The van der Waals surface area contributed by atoms with Gasteiger partial charge < -0.3 is 15.1 Å². The quantitative estimate of drug-likeness (QED) is 0.450. The van der Waals surface area contributed by atoms with E-state index in [0.717, 1.165) is 11.8 Å². The largest absolute Gasteiger partial charge is 0.378 e. The maximum atomic E-state index is 14.6. The fourth-order valence-corrected chi connectivity index (χ4v) is 3.00. The maximum absolute atomic E-state index is 14.6. The zero-order valence-electron chi connectivity index (χ0n) is 18.9. The molecular weight excluding hydrogens is 415 g/mol. The van der Waals surface area contributed by atoms with Gasteiger partial charge in [-0.15, -0.1) is 0 Å². The number of nitrogens with one attached hydrogen (secondary N) is 2. The minimum absolute atomic E-state index is 0.0728. The molecule has 0 bridgehead atoms. The Hall–Kier alpha value is -3.46. The lowest BCUT2D eigenvalue weighted by atomic mass is 10.1. The number of rotatable bonds is 7. The molecule has 0 saturated carbocycles. The van der Waals surface area contributed by atoms with Crippen molar-refractivity contribution in [3.8, 4) is 0 Å². The van der Waals surface area contributed by atoms with E-state index in [-0.39, 0.29) is 30.1 Å². The minimum atomic E-state index is -0.853. The highest BCUT2D eigenvalue weighted by molar-refractivity contribution is 5.97. The highest BCUT2D eigenvalue weighted by Gasteiger charge is 2.23. The van der Waals surface area contributed by atoms with Crippen molar-refractivity contribution >= 4 is 23.4 Å². The van der Waals surface area contributed by atoms with Gasteiger partial charge in [-0.1, -0.05) is 6.07 Å². The van der Waals surface area contributed by atoms with E-state index in [4.69, 9.17) is 5.21 Å². The molecule has 0 atom stereocenters. The monoisotopic (exact) mass is 444 g/mol. The number of amides is 3. The average Bonchev–Trinajstić information content (AvgIpc) is 2.72. The van der Waals surface area contributed by atoms with E-state index < -0.39 is 23.2 Å². The van der Waals surface area contributed by atoms with Gasteiger partial charge in [0.05, 0.1) is 0 Å². The van der Waals surface area contributed by atoms with E-state index >= 15 is 0 Å². The van der Waals surface area contributed by atoms with Crippen LogP contribution in [-0.4, -0.2) is 54.0 Å². The Balaban J connectivity index is 2.32. The standard InChI is InChI=1S/C23H29FN4O4/c1-23(2,3)25-20(29)14-28(22(31)15-8-10-18(11-9-15)27(4)5)13-17-7-6-16(12-19(17)24)21(30)26-32/h6-12,32H,13-14H2,1-5H3,(H,25,29)(H,26,30). The second kappa shape index (κ2) is 10.2. The lowest BCUT2D eigenvalue weighted by Crippen LogP contribution is -2.47. The third kappa shape index (κ3) is 6.78. The average molecular weight is 445 g/mol. The third-order valence-corrected chi connectivity index (χ3v) is 4.54. The van der Waals surface area contributed by atoms with Crippen molar-refractivity contribution in [1.29, 1.82) is 0 Å². The van der Waals surface area contributed by atoms with E-state index in [1.165, 1.54) is 22.5 Å². The third-order valence-electron chi connectivity index (χ3n) is 4.54. The van der Waals surface area contributed by atoms with Crippen LogP contribution < -0.4 is 15.7 Å². The maximum Gasteiger partial charge on any atom is 0.274 e. The van der Waals surface area contributed by atoms with Crippen LogP contribution in [0.15, 0.2) is 42.5 Å². The van der Waals surface area contributed by atoms with E-state index in [9.17, 15) is 18.8 Å². The SMILES string of the molecule is CN(C)c1ccc(C(=O)N(CC(=O)NC(C)(C)C)Cc2ccc(C(=O)NO)cc2F)cc1. The molecule has 0 aliphatic carbocycles. The van der Waals surface area contributed by atoms with Gasteiger partial charge in [-0.3, -0.25) is 19.6 Å². The van der Waals surface area contributed by atoms with Crippen molar-refractivity contribution in [3.05, 3.63) is 65.0 Å². The van der Waals surface area contributed by atoms with Crippen LogP contribution in [0.2, 0.25) is 0 Å². The summed E-state index contributed by atoms with van der Waals surface area (Å²) in [5.74, 6) is -2.40. The van der Waals surface area contributed by atoms with Crippen molar-refractivity contribution in [1.82, 2.24) is 15.7 Å². The molecule has 0 spiro atoms. The van der Waals surface area contributed by atoms with E-state index in [2.05, 4.69) is 5.32 Å². The van der Waals surface area contributed by atoms with Crippen LogP contribution in [0.5, 0.6) is 0 Å². The molecule has 8 nitrogen and oxygen atoms in total. The van der Waals surface area contributed by atoms with Crippen molar-refractivity contribution in [2.45, 2.75) is 32.9 Å². The molecule has 32 heavy (non-hydrogen) atoms. The summed E-state index contributed by atoms with van der Waals surface area (Å²) < 4.78 is 14.6. The van der Waals surface area contributed by atoms with Crippen molar-refractivity contribution in [2.75, 3.05) is 25.5 Å². The Morgan fingerprint density at radius 2 is 1.59 bits per heavy atom. The summed E-state index contributed by atoms with van der Waals surface area (Å²) in [5, 5.41) is 11.5. The molecule has 0 fully saturated rings. The molecule has 0 unspecified atom stereocenters. The van der Waals surface area contributed by atoms with Gasteiger partial charge in [-0.25, -0.2) is 9.87 Å². The van der Waals surface area contributed by atoms with Gasteiger partial charge in [0.15, 0.2) is 0 Å². The van der Waals surface area contributed by atoms with Gasteiger partial charge in [0.25, 0.3) is 11.8 Å². The highest BCUT2D eigenvalue weighted by Crippen LogP contribution is 2.18. The number of hydrogen-bond donors (Lipinski definition) is 3. The number of nitrogens with zero attached hydrogens (tertiary/aromatic N) is 2. The molecule has 0 aliphatic rings.